The van der Waals surface area contributed by atoms with Crippen LogP contribution in [0, 0.1) is 5.92 Å². The second kappa shape index (κ2) is 4.96. The molecule has 0 saturated carbocycles. The molecule has 0 amide bonds. The maximum absolute atomic E-state index is 9.50. The van der Waals surface area contributed by atoms with Crippen LogP contribution in [0.4, 0.5) is 0 Å². The number of halogens is 1. The van der Waals surface area contributed by atoms with Gasteiger partial charge in [-0.15, -0.1) is 12.4 Å². The fourth-order valence-electron chi connectivity index (χ4n) is 0. The van der Waals surface area contributed by atoms with Gasteiger partial charge in [0.15, 0.2) is 0 Å². The van der Waals surface area contributed by atoms with E-state index < -0.39 is 0 Å². The highest BCUT2D eigenvalue weighted by Crippen LogP contribution is 1.78. The summed E-state index contributed by atoms with van der Waals surface area (Å²) in [5.41, 5.74) is 0. The highest BCUT2D eigenvalue weighted by Gasteiger charge is 1.79. The second-order valence-electron chi connectivity index (χ2n) is 1.38. The summed E-state index contributed by atoms with van der Waals surface area (Å²) in [6, 6.07) is 0. The summed E-state index contributed by atoms with van der Waals surface area (Å²) in [5.74, 6) is 0.204. The molecule has 0 aromatic rings. The first-order chi connectivity index (χ1) is 2.27. The van der Waals surface area contributed by atoms with Crippen molar-refractivity contribution in [3.63, 3.8) is 0 Å². The highest BCUT2D eigenvalue weighted by atomic mass is 35.5. The van der Waals surface area contributed by atoms with E-state index in [1.807, 2.05) is 13.8 Å². The van der Waals surface area contributed by atoms with Crippen molar-refractivity contribution in [3.8, 4) is 0 Å². The minimum Gasteiger partial charge on any atom is -0.303 e. The van der Waals surface area contributed by atoms with Crippen LogP contribution in [-0.4, -0.2) is 6.29 Å². The standard InChI is InChI=1S/C4H8O.ClH/c1-4(2)3-5;/h3-4H,1-2H3;1H. The van der Waals surface area contributed by atoms with Gasteiger partial charge in [-0.05, 0) is 0 Å². The minimum absolute atomic E-state index is 0. The van der Waals surface area contributed by atoms with E-state index in [9.17, 15) is 4.79 Å². The number of carbonyl (C=O) groups excluding carboxylic acids is 1. The van der Waals surface area contributed by atoms with E-state index in [2.05, 4.69) is 0 Å². The monoisotopic (exact) mass is 108 g/mol. The molecule has 0 N–H and O–H groups in total. The predicted octanol–water partition coefficient (Wildman–Crippen LogP) is 1.26. The average molecular weight is 109 g/mol. The van der Waals surface area contributed by atoms with Crippen molar-refractivity contribution < 1.29 is 4.79 Å². The Kier molecular flexibility index (Phi) is 7.73. The highest BCUT2D eigenvalue weighted by molar-refractivity contribution is 5.85. The van der Waals surface area contributed by atoms with Crippen LogP contribution >= 0.6 is 12.4 Å². The van der Waals surface area contributed by atoms with Crippen molar-refractivity contribution >= 4 is 18.7 Å². The van der Waals surface area contributed by atoms with Crippen LogP contribution in [0.5, 0.6) is 0 Å². The third kappa shape index (κ3) is 9.03. The summed E-state index contributed by atoms with van der Waals surface area (Å²) in [6.07, 6.45) is 0.917. The smallest absolute Gasteiger partial charge is 0.122 e. The maximum atomic E-state index is 9.50. The van der Waals surface area contributed by atoms with E-state index in [0.717, 1.165) is 6.29 Å². The lowest BCUT2D eigenvalue weighted by Crippen LogP contribution is -1.82. The van der Waals surface area contributed by atoms with Crippen molar-refractivity contribution in [2.24, 2.45) is 5.92 Å². The lowest BCUT2D eigenvalue weighted by atomic mass is 10.3. The molecule has 0 bridgehead atoms. The zero-order chi connectivity index (χ0) is 4.28. The zero-order valence-corrected chi connectivity index (χ0v) is 4.79. The van der Waals surface area contributed by atoms with Crippen LogP contribution in [0.2, 0.25) is 0 Å². The molecule has 0 radical (unpaired) electrons. The Morgan fingerprint density at radius 3 is 1.67 bits per heavy atom. The van der Waals surface area contributed by atoms with Crippen LogP contribution in [0.1, 0.15) is 13.8 Å². The van der Waals surface area contributed by atoms with Gasteiger partial charge in [-0.2, -0.15) is 0 Å². The van der Waals surface area contributed by atoms with E-state index >= 15 is 0 Å². The Hall–Kier alpha value is -0.0400. The summed E-state index contributed by atoms with van der Waals surface area (Å²) in [6.45, 7) is 3.71. The zero-order valence-electron chi connectivity index (χ0n) is 3.97. The van der Waals surface area contributed by atoms with Gasteiger partial charge >= 0.3 is 0 Å². The predicted molar refractivity (Wildman–Crippen MR) is 28.1 cm³/mol. The lowest BCUT2D eigenvalue weighted by molar-refractivity contribution is -0.110. The van der Waals surface area contributed by atoms with Gasteiger partial charge in [-0.25, -0.2) is 0 Å². The Balaban J connectivity index is 0. The number of hydrogen-bond donors (Lipinski definition) is 0. The molecule has 0 aromatic heterocycles. The van der Waals surface area contributed by atoms with Gasteiger partial charge in [0.1, 0.15) is 6.29 Å². The summed E-state index contributed by atoms with van der Waals surface area (Å²) in [5, 5.41) is 0. The molecule has 0 aliphatic rings. The number of carbonyl (C=O) groups is 1. The van der Waals surface area contributed by atoms with E-state index in [0.29, 0.717) is 0 Å². The van der Waals surface area contributed by atoms with Crippen molar-refractivity contribution in [2.45, 2.75) is 13.8 Å². The van der Waals surface area contributed by atoms with Crippen LogP contribution in [-0.2, 0) is 4.79 Å². The second-order valence-corrected chi connectivity index (χ2v) is 1.38. The van der Waals surface area contributed by atoms with Gasteiger partial charge in [0.05, 0.1) is 0 Å². The Morgan fingerprint density at radius 1 is 1.50 bits per heavy atom. The molecule has 0 fully saturated rings. The van der Waals surface area contributed by atoms with Crippen LogP contribution in [0.3, 0.4) is 0 Å². The maximum Gasteiger partial charge on any atom is 0.122 e. The summed E-state index contributed by atoms with van der Waals surface area (Å²) in [4.78, 5) is 9.50. The molecule has 38 valence electrons. The fourth-order valence-corrected chi connectivity index (χ4v) is 0. The van der Waals surface area contributed by atoms with E-state index in [1.165, 1.54) is 0 Å². The minimum atomic E-state index is 0. The van der Waals surface area contributed by atoms with Crippen LogP contribution < -0.4 is 0 Å². The quantitative estimate of drug-likeness (QED) is 0.463. The Bertz CT molecular complexity index is 34.5. The van der Waals surface area contributed by atoms with Gasteiger partial charge in [0.2, 0.25) is 0 Å². The normalized spacial score (nSPS) is 7.17. The molecule has 0 rings (SSSR count). The topological polar surface area (TPSA) is 17.1 Å². The molecule has 0 saturated heterocycles. The van der Waals surface area contributed by atoms with Crippen LogP contribution in [0.15, 0.2) is 0 Å². The number of aldehydes is 1. The van der Waals surface area contributed by atoms with Crippen molar-refractivity contribution in [3.05, 3.63) is 0 Å². The molecule has 0 heterocycles. The van der Waals surface area contributed by atoms with Crippen LogP contribution in [0.25, 0.3) is 0 Å². The summed E-state index contributed by atoms with van der Waals surface area (Å²) >= 11 is 0. The van der Waals surface area contributed by atoms with Crippen molar-refractivity contribution in [1.29, 1.82) is 0 Å². The van der Waals surface area contributed by atoms with Crippen molar-refractivity contribution in [1.82, 2.24) is 0 Å². The molecule has 0 unspecified atom stereocenters. The molecule has 2 heteroatoms. The first kappa shape index (κ1) is 9.35. The largest absolute Gasteiger partial charge is 0.303 e. The first-order valence-electron chi connectivity index (χ1n) is 1.72. The fraction of sp³-hybridized carbons (Fsp3) is 0.750. The number of rotatable bonds is 1. The summed E-state index contributed by atoms with van der Waals surface area (Å²) in [7, 11) is 0. The average Bonchev–Trinajstić information content (AvgIpc) is 1.38. The van der Waals surface area contributed by atoms with E-state index in [4.69, 9.17) is 0 Å². The molecule has 6 heavy (non-hydrogen) atoms. The summed E-state index contributed by atoms with van der Waals surface area (Å²) < 4.78 is 0. The number of hydrogen-bond acceptors (Lipinski definition) is 1. The van der Waals surface area contributed by atoms with E-state index in [-0.39, 0.29) is 18.3 Å². The molecule has 0 atom stereocenters. The lowest BCUT2D eigenvalue weighted by Gasteiger charge is -1.78. The molecular formula is C4H9ClO. The Labute approximate surface area is 44.1 Å². The third-order valence-corrected chi connectivity index (χ3v) is 0.272. The van der Waals surface area contributed by atoms with Gasteiger partial charge in [-0.1, -0.05) is 13.8 Å². The van der Waals surface area contributed by atoms with Gasteiger partial charge < -0.3 is 4.79 Å². The van der Waals surface area contributed by atoms with Crippen molar-refractivity contribution in [2.75, 3.05) is 0 Å². The van der Waals surface area contributed by atoms with Gasteiger partial charge in [0.25, 0.3) is 0 Å². The Morgan fingerprint density at radius 2 is 1.67 bits per heavy atom. The molecular weight excluding hydrogens is 99.5 g/mol. The van der Waals surface area contributed by atoms with E-state index in [1.54, 1.807) is 0 Å². The van der Waals surface area contributed by atoms with Gasteiger partial charge in [-0.3, -0.25) is 0 Å². The molecule has 1 nitrogen and oxygen atoms in total. The molecule has 0 aliphatic heterocycles. The SMILES string of the molecule is CC(C)C=O.Cl. The molecule has 0 spiro atoms. The van der Waals surface area contributed by atoms with Gasteiger partial charge in [0, 0.05) is 5.92 Å². The molecule has 0 aromatic carbocycles. The third-order valence-electron chi connectivity index (χ3n) is 0.272. The molecule has 0 aliphatic carbocycles. The first-order valence-corrected chi connectivity index (χ1v) is 1.72.